The summed E-state index contributed by atoms with van der Waals surface area (Å²) in [5.41, 5.74) is 0.865. The molecule has 0 bridgehead atoms. The van der Waals surface area contributed by atoms with Gasteiger partial charge in [0.2, 0.25) is 5.91 Å². The number of hydrogen-bond donors (Lipinski definition) is 1. The Morgan fingerprint density at radius 3 is 2.50 bits per heavy atom. The molecule has 22 heavy (non-hydrogen) atoms. The van der Waals surface area contributed by atoms with E-state index in [-0.39, 0.29) is 5.91 Å². The van der Waals surface area contributed by atoms with E-state index in [1.165, 1.54) is 0 Å². The molecule has 0 unspecified atom stereocenters. The van der Waals surface area contributed by atoms with Crippen LogP contribution in [0.15, 0.2) is 18.2 Å². The van der Waals surface area contributed by atoms with Gasteiger partial charge in [0, 0.05) is 18.2 Å². The highest BCUT2D eigenvalue weighted by Gasteiger charge is 2.10. The van der Waals surface area contributed by atoms with Crippen molar-refractivity contribution in [3.8, 4) is 11.5 Å². The van der Waals surface area contributed by atoms with Gasteiger partial charge in [-0.3, -0.25) is 4.79 Å². The lowest BCUT2D eigenvalue weighted by molar-refractivity contribution is -0.120. The summed E-state index contributed by atoms with van der Waals surface area (Å²) >= 11 is 0. The average molecular weight is 308 g/mol. The van der Waals surface area contributed by atoms with E-state index in [9.17, 15) is 4.79 Å². The van der Waals surface area contributed by atoms with E-state index in [0.29, 0.717) is 18.7 Å². The summed E-state index contributed by atoms with van der Waals surface area (Å²) in [6, 6.07) is 5.50. The fraction of sp³-hybridized carbons (Fsp3) is 0.588. The molecule has 0 spiro atoms. The molecule has 5 nitrogen and oxygen atoms in total. The molecule has 0 saturated carbocycles. The Hall–Kier alpha value is -1.75. The second-order valence-corrected chi connectivity index (χ2v) is 5.08. The quantitative estimate of drug-likeness (QED) is 0.673. The van der Waals surface area contributed by atoms with Gasteiger partial charge in [-0.1, -0.05) is 19.9 Å². The predicted octanol–water partition coefficient (Wildman–Crippen LogP) is 2.09. The maximum absolute atomic E-state index is 12.0. The summed E-state index contributed by atoms with van der Waals surface area (Å²) in [4.78, 5) is 14.4. The standard InChI is InChI=1S/C17H28N2O3/c1-5-19(6-2)11-7-10-18-17(20)12-14-8-9-15(21-3)13-16(14)22-4/h8-9,13H,5-7,10-12H2,1-4H3,(H,18,20). The summed E-state index contributed by atoms with van der Waals surface area (Å²) in [5, 5.41) is 2.96. The normalized spacial score (nSPS) is 10.6. The number of amides is 1. The lowest BCUT2D eigenvalue weighted by Gasteiger charge is -2.17. The molecule has 0 aliphatic heterocycles. The number of methoxy groups -OCH3 is 2. The maximum atomic E-state index is 12.0. The number of carbonyl (C=O) groups is 1. The lowest BCUT2D eigenvalue weighted by atomic mass is 10.1. The molecule has 0 aromatic heterocycles. The maximum Gasteiger partial charge on any atom is 0.224 e. The molecule has 0 saturated heterocycles. The summed E-state index contributed by atoms with van der Waals surface area (Å²) < 4.78 is 10.5. The first-order valence-corrected chi connectivity index (χ1v) is 7.84. The molecule has 0 aliphatic rings. The molecule has 124 valence electrons. The van der Waals surface area contributed by atoms with E-state index in [1.54, 1.807) is 20.3 Å². The summed E-state index contributed by atoms with van der Waals surface area (Å²) in [6.07, 6.45) is 1.28. The van der Waals surface area contributed by atoms with Crippen molar-refractivity contribution in [2.45, 2.75) is 26.7 Å². The highest BCUT2D eigenvalue weighted by Crippen LogP contribution is 2.24. The number of nitrogens with one attached hydrogen (secondary N) is 1. The van der Waals surface area contributed by atoms with Crippen molar-refractivity contribution in [2.75, 3.05) is 40.4 Å². The topological polar surface area (TPSA) is 50.8 Å². The third-order valence-corrected chi connectivity index (χ3v) is 3.71. The van der Waals surface area contributed by atoms with Crippen LogP contribution in [0.4, 0.5) is 0 Å². The van der Waals surface area contributed by atoms with Crippen LogP contribution in [0.1, 0.15) is 25.8 Å². The largest absolute Gasteiger partial charge is 0.497 e. The number of nitrogens with zero attached hydrogens (tertiary/aromatic N) is 1. The van der Waals surface area contributed by atoms with E-state index < -0.39 is 0 Å². The molecular formula is C17H28N2O3. The van der Waals surface area contributed by atoms with Crippen LogP contribution in [-0.4, -0.2) is 51.2 Å². The number of carbonyl (C=O) groups excluding carboxylic acids is 1. The van der Waals surface area contributed by atoms with Crippen molar-refractivity contribution in [3.63, 3.8) is 0 Å². The second kappa shape index (κ2) is 10.1. The van der Waals surface area contributed by atoms with Crippen LogP contribution in [0.5, 0.6) is 11.5 Å². The van der Waals surface area contributed by atoms with Crippen LogP contribution in [0.2, 0.25) is 0 Å². The van der Waals surface area contributed by atoms with E-state index in [4.69, 9.17) is 9.47 Å². The highest BCUT2D eigenvalue weighted by molar-refractivity contribution is 5.79. The molecule has 1 aromatic carbocycles. The first kappa shape index (κ1) is 18.3. The summed E-state index contributed by atoms with van der Waals surface area (Å²) in [6.45, 7) is 8.12. The minimum absolute atomic E-state index is 0.0167. The monoisotopic (exact) mass is 308 g/mol. The fourth-order valence-corrected chi connectivity index (χ4v) is 2.30. The molecule has 1 N–H and O–H groups in total. The second-order valence-electron chi connectivity index (χ2n) is 5.08. The van der Waals surface area contributed by atoms with E-state index >= 15 is 0 Å². The molecule has 0 atom stereocenters. The van der Waals surface area contributed by atoms with Crippen LogP contribution in [0.3, 0.4) is 0 Å². The highest BCUT2D eigenvalue weighted by atomic mass is 16.5. The number of rotatable bonds is 10. The smallest absolute Gasteiger partial charge is 0.224 e. The minimum Gasteiger partial charge on any atom is -0.497 e. The fourth-order valence-electron chi connectivity index (χ4n) is 2.30. The van der Waals surface area contributed by atoms with Gasteiger partial charge in [0.1, 0.15) is 11.5 Å². The van der Waals surface area contributed by atoms with E-state index in [0.717, 1.165) is 37.4 Å². The molecule has 5 heteroatoms. The molecule has 0 radical (unpaired) electrons. The predicted molar refractivity (Wildman–Crippen MR) is 88.7 cm³/mol. The van der Waals surface area contributed by atoms with Crippen LogP contribution in [0, 0.1) is 0 Å². The van der Waals surface area contributed by atoms with Gasteiger partial charge in [0.15, 0.2) is 0 Å². The Balaban J connectivity index is 2.42. The molecule has 1 rings (SSSR count). The van der Waals surface area contributed by atoms with Crippen molar-refractivity contribution in [2.24, 2.45) is 0 Å². The zero-order chi connectivity index (χ0) is 16.4. The van der Waals surface area contributed by atoms with Crippen molar-refractivity contribution < 1.29 is 14.3 Å². The van der Waals surface area contributed by atoms with Gasteiger partial charge >= 0.3 is 0 Å². The van der Waals surface area contributed by atoms with Gasteiger partial charge in [-0.05, 0) is 32.1 Å². The Morgan fingerprint density at radius 2 is 1.91 bits per heavy atom. The van der Waals surface area contributed by atoms with E-state index in [2.05, 4.69) is 24.1 Å². The molecule has 1 amide bonds. The van der Waals surface area contributed by atoms with Crippen LogP contribution < -0.4 is 14.8 Å². The summed E-state index contributed by atoms with van der Waals surface area (Å²) in [5.74, 6) is 1.42. The van der Waals surface area contributed by atoms with Crippen LogP contribution >= 0.6 is 0 Å². The van der Waals surface area contributed by atoms with Gasteiger partial charge in [0.05, 0.1) is 20.6 Å². The zero-order valence-corrected chi connectivity index (χ0v) is 14.1. The molecule has 0 aliphatic carbocycles. The van der Waals surface area contributed by atoms with Gasteiger partial charge < -0.3 is 19.7 Å². The number of hydrogen-bond acceptors (Lipinski definition) is 4. The van der Waals surface area contributed by atoms with Crippen molar-refractivity contribution in [3.05, 3.63) is 23.8 Å². The number of benzene rings is 1. The molecule has 1 aromatic rings. The van der Waals surface area contributed by atoms with E-state index in [1.807, 2.05) is 12.1 Å². The SMILES string of the molecule is CCN(CC)CCCNC(=O)Cc1ccc(OC)cc1OC. The third-order valence-electron chi connectivity index (χ3n) is 3.71. The van der Waals surface area contributed by atoms with Crippen molar-refractivity contribution in [1.82, 2.24) is 10.2 Å². The average Bonchev–Trinajstić information content (AvgIpc) is 2.55. The molecular weight excluding hydrogens is 280 g/mol. The van der Waals surface area contributed by atoms with Gasteiger partial charge in [-0.2, -0.15) is 0 Å². The van der Waals surface area contributed by atoms with Crippen LogP contribution in [-0.2, 0) is 11.2 Å². The first-order chi connectivity index (χ1) is 10.6. The van der Waals surface area contributed by atoms with Gasteiger partial charge in [0.25, 0.3) is 0 Å². The van der Waals surface area contributed by atoms with Crippen LogP contribution in [0.25, 0.3) is 0 Å². The van der Waals surface area contributed by atoms with Gasteiger partial charge in [-0.25, -0.2) is 0 Å². The van der Waals surface area contributed by atoms with Gasteiger partial charge in [-0.15, -0.1) is 0 Å². The molecule has 0 fully saturated rings. The molecule has 0 heterocycles. The summed E-state index contributed by atoms with van der Waals surface area (Å²) in [7, 11) is 3.21. The Bertz CT molecular complexity index is 459. The van der Waals surface area contributed by atoms with Crippen molar-refractivity contribution in [1.29, 1.82) is 0 Å². The first-order valence-electron chi connectivity index (χ1n) is 7.84. The third kappa shape index (κ3) is 5.93. The Labute approximate surface area is 133 Å². The zero-order valence-electron chi connectivity index (χ0n) is 14.1. The lowest BCUT2D eigenvalue weighted by Crippen LogP contribution is -2.30. The van der Waals surface area contributed by atoms with Crippen molar-refractivity contribution >= 4 is 5.91 Å². The Kier molecular flexibility index (Phi) is 8.36. The minimum atomic E-state index is 0.0167. The Morgan fingerprint density at radius 1 is 1.18 bits per heavy atom. The number of ether oxygens (including phenoxy) is 2.